The second-order valence-electron chi connectivity index (χ2n) is 5.74. The highest BCUT2D eigenvalue weighted by molar-refractivity contribution is 7.11. The minimum Gasteiger partial charge on any atom is -0.303 e. The van der Waals surface area contributed by atoms with Gasteiger partial charge in [-0.2, -0.15) is 5.26 Å². The van der Waals surface area contributed by atoms with Crippen LogP contribution in [-0.2, 0) is 18.3 Å². The fourth-order valence-corrected chi connectivity index (χ4v) is 3.28. The smallest absolute Gasteiger partial charge is 0.0944 e. The van der Waals surface area contributed by atoms with Crippen LogP contribution in [0.2, 0.25) is 0 Å². The molecule has 0 amide bonds. The topological polar surface area (TPSA) is 39.9 Å². The Morgan fingerprint density at radius 2 is 1.89 bits per heavy atom. The largest absolute Gasteiger partial charge is 0.303 e. The number of likely N-dealkylation sites (N-methyl/N-ethyl adjacent to an activating group) is 1. The van der Waals surface area contributed by atoms with Gasteiger partial charge in [-0.3, -0.25) is 0 Å². The summed E-state index contributed by atoms with van der Waals surface area (Å²) in [6, 6.07) is 2.26. The zero-order valence-corrected chi connectivity index (χ0v) is 13.6. The third-order valence-electron chi connectivity index (χ3n) is 3.23. The summed E-state index contributed by atoms with van der Waals surface area (Å²) in [5, 5.41) is 10.1. The molecule has 0 aliphatic heterocycles. The molecule has 0 aliphatic rings. The van der Waals surface area contributed by atoms with Crippen molar-refractivity contribution in [2.24, 2.45) is 0 Å². The van der Waals surface area contributed by atoms with Crippen molar-refractivity contribution in [3.8, 4) is 6.07 Å². The minimum absolute atomic E-state index is 0.0239. The molecule has 0 unspecified atom stereocenters. The predicted octanol–water partition coefficient (Wildman–Crippen LogP) is 3.39. The summed E-state index contributed by atoms with van der Waals surface area (Å²) in [6.45, 7) is 14.1. The maximum absolute atomic E-state index is 8.93. The van der Waals surface area contributed by atoms with Crippen molar-refractivity contribution in [2.75, 3.05) is 19.6 Å². The van der Waals surface area contributed by atoms with Crippen molar-refractivity contribution in [3.63, 3.8) is 0 Å². The second-order valence-corrected chi connectivity index (χ2v) is 6.91. The molecule has 4 heteroatoms. The molecular weight excluding hydrogens is 254 g/mol. The molecule has 0 bridgehead atoms. The van der Waals surface area contributed by atoms with E-state index in [1.165, 1.54) is 5.01 Å². The molecule has 1 rings (SSSR count). The van der Waals surface area contributed by atoms with E-state index in [2.05, 4.69) is 45.6 Å². The molecule has 3 nitrogen and oxygen atoms in total. The third-order valence-corrected chi connectivity index (χ3v) is 4.34. The number of rotatable bonds is 6. The van der Waals surface area contributed by atoms with Crippen LogP contribution in [-0.4, -0.2) is 29.5 Å². The van der Waals surface area contributed by atoms with Crippen LogP contribution in [0.1, 0.15) is 50.2 Å². The van der Waals surface area contributed by atoms with Gasteiger partial charge in [0.15, 0.2) is 0 Å². The summed E-state index contributed by atoms with van der Waals surface area (Å²) < 4.78 is 0. The maximum atomic E-state index is 8.93. The molecule has 0 spiro atoms. The van der Waals surface area contributed by atoms with Crippen LogP contribution in [0.3, 0.4) is 0 Å². The number of aromatic nitrogens is 1. The van der Waals surface area contributed by atoms with Gasteiger partial charge in [-0.25, -0.2) is 4.98 Å². The van der Waals surface area contributed by atoms with Gasteiger partial charge < -0.3 is 4.90 Å². The summed E-state index contributed by atoms with van der Waals surface area (Å²) >= 11 is 1.71. The van der Waals surface area contributed by atoms with E-state index >= 15 is 0 Å². The first-order valence-corrected chi connectivity index (χ1v) is 7.82. The monoisotopic (exact) mass is 279 g/mol. The lowest BCUT2D eigenvalue weighted by molar-refractivity contribution is 0.307. The van der Waals surface area contributed by atoms with Crippen LogP contribution >= 0.6 is 11.3 Å². The fourth-order valence-electron chi connectivity index (χ4n) is 2.08. The van der Waals surface area contributed by atoms with E-state index in [1.807, 2.05) is 0 Å². The van der Waals surface area contributed by atoms with Gasteiger partial charge in [0.25, 0.3) is 0 Å². The van der Waals surface area contributed by atoms with Crippen LogP contribution in [0, 0.1) is 11.3 Å². The number of nitrogens with zero attached hydrogens (tertiary/aromatic N) is 3. The summed E-state index contributed by atoms with van der Waals surface area (Å²) in [5.41, 5.74) is 1.13. The first kappa shape index (κ1) is 16.1. The molecule has 1 aromatic rings. The van der Waals surface area contributed by atoms with Crippen molar-refractivity contribution in [3.05, 3.63) is 15.6 Å². The summed E-state index contributed by atoms with van der Waals surface area (Å²) in [5.74, 6) is 0. The van der Waals surface area contributed by atoms with Gasteiger partial charge in [0.05, 0.1) is 23.2 Å². The standard InChI is InChI=1S/C15H25N3S/c1-6-18(7-2)11-9-13-17-14(15(3,4)5)12(19-13)8-10-16/h6-9,11H2,1-5H3. The molecule has 19 heavy (non-hydrogen) atoms. The molecule has 106 valence electrons. The Kier molecular flexibility index (Phi) is 5.96. The first-order valence-electron chi connectivity index (χ1n) is 7.00. The fraction of sp³-hybridized carbons (Fsp3) is 0.733. The number of thiazole rings is 1. The van der Waals surface area contributed by atoms with Gasteiger partial charge in [0.2, 0.25) is 0 Å². The molecule has 0 atom stereocenters. The van der Waals surface area contributed by atoms with Crippen molar-refractivity contribution in [1.82, 2.24) is 9.88 Å². The van der Waals surface area contributed by atoms with E-state index in [1.54, 1.807) is 11.3 Å². The lowest BCUT2D eigenvalue weighted by Gasteiger charge is -2.17. The van der Waals surface area contributed by atoms with E-state index in [4.69, 9.17) is 10.2 Å². The Bertz CT molecular complexity index is 433. The van der Waals surface area contributed by atoms with Gasteiger partial charge in [0.1, 0.15) is 0 Å². The van der Waals surface area contributed by atoms with Crippen LogP contribution in [0.5, 0.6) is 0 Å². The Hall–Kier alpha value is -0.920. The first-order chi connectivity index (χ1) is 8.92. The van der Waals surface area contributed by atoms with Crippen molar-refractivity contribution < 1.29 is 0 Å². The molecule has 0 saturated heterocycles. The van der Waals surface area contributed by atoms with Gasteiger partial charge in [-0.15, -0.1) is 11.3 Å². The highest BCUT2D eigenvalue weighted by atomic mass is 32.1. The molecule has 0 saturated carbocycles. The van der Waals surface area contributed by atoms with Gasteiger partial charge in [-0.1, -0.05) is 34.6 Å². The van der Waals surface area contributed by atoms with Crippen LogP contribution in [0.4, 0.5) is 0 Å². The highest BCUT2D eigenvalue weighted by Gasteiger charge is 2.23. The second kappa shape index (κ2) is 7.02. The molecule has 0 aliphatic carbocycles. The number of hydrogen-bond donors (Lipinski definition) is 0. The van der Waals surface area contributed by atoms with E-state index in [0.717, 1.165) is 36.6 Å². The SMILES string of the molecule is CCN(CC)CCc1nc(C(C)(C)C)c(CC#N)s1. The predicted molar refractivity (Wildman–Crippen MR) is 81.6 cm³/mol. The van der Waals surface area contributed by atoms with Crippen molar-refractivity contribution in [2.45, 2.75) is 52.9 Å². The summed E-state index contributed by atoms with van der Waals surface area (Å²) in [7, 11) is 0. The maximum Gasteiger partial charge on any atom is 0.0944 e. The van der Waals surface area contributed by atoms with Gasteiger partial charge in [-0.05, 0) is 13.1 Å². The highest BCUT2D eigenvalue weighted by Crippen LogP contribution is 2.30. The van der Waals surface area contributed by atoms with Crippen LogP contribution in [0.15, 0.2) is 0 Å². The minimum atomic E-state index is 0.0239. The van der Waals surface area contributed by atoms with E-state index in [9.17, 15) is 0 Å². The molecule has 1 heterocycles. The van der Waals surface area contributed by atoms with Crippen molar-refractivity contribution >= 4 is 11.3 Å². The van der Waals surface area contributed by atoms with Crippen LogP contribution in [0.25, 0.3) is 0 Å². The lowest BCUT2D eigenvalue weighted by Crippen LogP contribution is -2.25. The third kappa shape index (κ3) is 4.59. The molecule has 0 fully saturated rings. The lowest BCUT2D eigenvalue weighted by atomic mass is 9.91. The Morgan fingerprint density at radius 1 is 1.26 bits per heavy atom. The molecule has 0 radical (unpaired) electrons. The zero-order valence-electron chi connectivity index (χ0n) is 12.8. The van der Waals surface area contributed by atoms with Crippen LogP contribution < -0.4 is 0 Å². The van der Waals surface area contributed by atoms with E-state index in [-0.39, 0.29) is 5.41 Å². The average molecular weight is 279 g/mol. The van der Waals surface area contributed by atoms with E-state index < -0.39 is 0 Å². The molecule has 0 N–H and O–H groups in total. The molecular formula is C15H25N3S. The van der Waals surface area contributed by atoms with Gasteiger partial charge in [0, 0.05) is 23.3 Å². The van der Waals surface area contributed by atoms with E-state index in [0.29, 0.717) is 6.42 Å². The van der Waals surface area contributed by atoms with Gasteiger partial charge >= 0.3 is 0 Å². The zero-order chi connectivity index (χ0) is 14.5. The Balaban J connectivity index is 2.84. The average Bonchev–Trinajstić information content (AvgIpc) is 2.74. The Morgan fingerprint density at radius 3 is 2.37 bits per heavy atom. The summed E-state index contributed by atoms with van der Waals surface area (Å²) in [4.78, 5) is 8.33. The molecule has 0 aromatic carbocycles. The quantitative estimate of drug-likeness (QED) is 0.801. The number of nitriles is 1. The Labute approximate surface area is 121 Å². The van der Waals surface area contributed by atoms with Crippen molar-refractivity contribution in [1.29, 1.82) is 5.26 Å². The summed E-state index contributed by atoms with van der Waals surface area (Å²) in [6.07, 6.45) is 1.47. The normalized spacial score (nSPS) is 11.8. The molecule has 1 aromatic heterocycles. The number of hydrogen-bond acceptors (Lipinski definition) is 4.